The quantitative estimate of drug-likeness (QED) is 0.0824. The molecule has 2 aliphatic heterocycles. The van der Waals surface area contributed by atoms with E-state index in [0.29, 0.717) is 24.5 Å². The summed E-state index contributed by atoms with van der Waals surface area (Å²) < 4.78 is 0. The van der Waals surface area contributed by atoms with Crippen LogP contribution >= 0.6 is 0 Å². The molecule has 0 atom stereocenters. The topological polar surface area (TPSA) is 219 Å². The summed E-state index contributed by atoms with van der Waals surface area (Å²) in [5, 5.41) is 5.91. The van der Waals surface area contributed by atoms with E-state index in [1.807, 2.05) is 24.3 Å². The number of hydrogen-bond donors (Lipinski definition) is 6. The zero-order valence-electron chi connectivity index (χ0n) is 28.7. The van der Waals surface area contributed by atoms with Gasteiger partial charge in [0.2, 0.25) is 0 Å². The first-order valence-electron chi connectivity index (χ1n) is 17.5. The maximum atomic E-state index is 13.2. The number of nitrogens with zero attached hydrogens (tertiary/aromatic N) is 6. The second kappa shape index (κ2) is 18.1. The molecule has 0 radical (unpaired) electrons. The predicted molar refractivity (Wildman–Crippen MR) is 198 cm³/mol. The van der Waals surface area contributed by atoms with Gasteiger partial charge in [0.15, 0.2) is 11.9 Å². The molecule has 3 aromatic rings. The summed E-state index contributed by atoms with van der Waals surface area (Å²) >= 11 is 0. The largest absolute Gasteiger partial charge is 0.370 e. The van der Waals surface area contributed by atoms with Crippen LogP contribution in [-0.2, 0) is 25.7 Å². The standard InChI is InChI=1S/C36H50N12O2/c37-35(38)41-13-1-3-15-47-17-9-25-5-7-29(21-27(25)11-19-47)45-33(49)31-23-32(44-24-43-31)34(50)46-30-8-6-26-10-18-48(20-12-28(26)22-30)16-4-2-14-42-36(39)40/h5-8,21-24H,1-4,9-20H2,(H,45,49)(H,46,50)(H4,37,38,41)(H4,39,40,42). The number of rotatable bonds is 14. The molecule has 0 saturated carbocycles. The lowest BCUT2D eigenvalue weighted by molar-refractivity contribution is 0.102. The number of amides is 2. The number of carbonyl (C=O) groups excluding carboxylic acids is 2. The monoisotopic (exact) mass is 682 g/mol. The number of guanidine groups is 2. The number of aromatic nitrogens is 2. The fourth-order valence-corrected chi connectivity index (χ4v) is 6.45. The van der Waals surface area contributed by atoms with Gasteiger partial charge in [0.25, 0.3) is 11.8 Å². The van der Waals surface area contributed by atoms with Gasteiger partial charge in [0, 0.05) is 56.7 Å². The first kappa shape index (κ1) is 36.2. The minimum atomic E-state index is -0.400. The van der Waals surface area contributed by atoms with Gasteiger partial charge >= 0.3 is 0 Å². The van der Waals surface area contributed by atoms with Crippen molar-refractivity contribution in [2.75, 3.05) is 63.0 Å². The van der Waals surface area contributed by atoms with Crippen molar-refractivity contribution in [1.29, 1.82) is 0 Å². The van der Waals surface area contributed by atoms with Crippen LogP contribution in [0.4, 0.5) is 11.4 Å². The maximum absolute atomic E-state index is 13.2. The molecule has 266 valence electrons. The van der Waals surface area contributed by atoms with E-state index >= 15 is 0 Å². The first-order chi connectivity index (χ1) is 24.2. The third kappa shape index (κ3) is 11.0. The minimum absolute atomic E-state index is 0.118. The van der Waals surface area contributed by atoms with Gasteiger partial charge in [-0.3, -0.25) is 19.6 Å². The van der Waals surface area contributed by atoms with Crippen LogP contribution < -0.4 is 33.6 Å². The van der Waals surface area contributed by atoms with Gasteiger partial charge in [-0.25, -0.2) is 9.97 Å². The van der Waals surface area contributed by atoms with E-state index in [-0.39, 0.29) is 23.3 Å². The van der Waals surface area contributed by atoms with Crippen molar-refractivity contribution in [2.45, 2.75) is 51.4 Å². The van der Waals surface area contributed by atoms with Crippen molar-refractivity contribution in [3.05, 3.63) is 82.4 Å². The Morgan fingerprint density at radius 1 is 0.600 bits per heavy atom. The molecule has 14 nitrogen and oxygen atoms in total. The molecule has 3 heterocycles. The smallest absolute Gasteiger partial charge is 0.274 e. The van der Waals surface area contributed by atoms with E-state index in [2.05, 4.69) is 52.5 Å². The number of hydrogen-bond acceptors (Lipinski definition) is 8. The van der Waals surface area contributed by atoms with Crippen molar-refractivity contribution in [2.24, 2.45) is 32.9 Å². The zero-order chi connectivity index (χ0) is 35.3. The molecule has 0 fully saturated rings. The van der Waals surface area contributed by atoms with Crippen LogP contribution in [0.5, 0.6) is 0 Å². The van der Waals surface area contributed by atoms with Crippen molar-refractivity contribution in [3.63, 3.8) is 0 Å². The Morgan fingerprint density at radius 3 is 1.44 bits per heavy atom. The summed E-state index contributed by atoms with van der Waals surface area (Å²) in [5.41, 5.74) is 28.3. The Bertz CT molecular complexity index is 1560. The van der Waals surface area contributed by atoms with Crippen LogP contribution in [0, 0.1) is 0 Å². The van der Waals surface area contributed by atoms with E-state index < -0.39 is 11.8 Å². The van der Waals surface area contributed by atoms with E-state index in [0.717, 1.165) is 90.6 Å². The molecule has 2 aromatic carbocycles. The lowest BCUT2D eigenvalue weighted by Gasteiger charge is -2.19. The lowest BCUT2D eigenvalue weighted by atomic mass is 10.0. The van der Waals surface area contributed by atoms with Crippen LogP contribution in [0.2, 0.25) is 0 Å². The highest BCUT2D eigenvalue weighted by Crippen LogP contribution is 2.23. The average molecular weight is 683 g/mol. The number of carbonyl (C=O) groups is 2. The molecule has 5 rings (SSSR count). The average Bonchev–Trinajstić information content (AvgIpc) is 3.43. The van der Waals surface area contributed by atoms with Crippen LogP contribution in [-0.4, -0.2) is 95.9 Å². The predicted octanol–water partition coefficient (Wildman–Crippen LogP) is 1.89. The number of nitrogens with two attached hydrogens (primary N) is 4. The Morgan fingerprint density at radius 2 is 1.02 bits per heavy atom. The molecule has 2 amide bonds. The van der Waals surface area contributed by atoms with E-state index in [1.54, 1.807) is 0 Å². The third-order valence-corrected chi connectivity index (χ3v) is 9.20. The number of nitrogens with one attached hydrogen (secondary N) is 2. The van der Waals surface area contributed by atoms with Crippen molar-refractivity contribution < 1.29 is 9.59 Å². The van der Waals surface area contributed by atoms with Gasteiger partial charge in [-0.15, -0.1) is 0 Å². The second-order valence-electron chi connectivity index (χ2n) is 12.9. The Labute approximate surface area is 293 Å². The molecule has 2 aliphatic rings. The highest BCUT2D eigenvalue weighted by Gasteiger charge is 2.18. The van der Waals surface area contributed by atoms with Gasteiger partial charge in [-0.1, -0.05) is 12.1 Å². The normalized spacial score (nSPS) is 14.7. The van der Waals surface area contributed by atoms with Crippen molar-refractivity contribution in [3.8, 4) is 0 Å². The first-order valence-corrected chi connectivity index (χ1v) is 17.5. The van der Waals surface area contributed by atoms with Gasteiger partial charge < -0.3 is 43.4 Å². The number of benzene rings is 2. The number of aliphatic imine (C=N–C) groups is 2. The molecule has 0 spiro atoms. The summed E-state index contributed by atoms with van der Waals surface area (Å²) in [6, 6.07) is 13.5. The molecular weight excluding hydrogens is 632 g/mol. The number of fused-ring (bicyclic) bond motifs is 2. The maximum Gasteiger partial charge on any atom is 0.274 e. The molecule has 0 aliphatic carbocycles. The SMILES string of the molecule is NC(N)=NCCCCN1CCc2ccc(NC(=O)c3cc(C(=O)Nc4ccc5c(c4)CCN(CCCCN=C(N)N)CC5)ncn3)cc2CC1. The zero-order valence-corrected chi connectivity index (χ0v) is 28.7. The summed E-state index contributed by atoms with van der Waals surface area (Å²) in [6.45, 7) is 7.16. The Hall–Kier alpha value is -5.08. The summed E-state index contributed by atoms with van der Waals surface area (Å²) in [5.74, 6) is -0.525. The molecule has 0 unspecified atom stereocenters. The molecule has 0 saturated heterocycles. The van der Waals surface area contributed by atoms with Gasteiger partial charge in [0.05, 0.1) is 0 Å². The molecule has 1 aromatic heterocycles. The lowest BCUT2D eigenvalue weighted by Crippen LogP contribution is -2.27. The summed E-state index contributed by atoms with van der Waals surface area (Å²) in [7, 11) is 0. The number of unbranched alkanes of at least 4 members (excludes halogenated alkanes) is 2. The number of anilines is 2. The fourth-order valence-electron chi connectivity index (χ4n) is 6.45. The fraction of sp³-hybridized carbons (Fsp3) is 0.444. The summed E-state index contributed by atoms with van der Waals surface area (Å²) in [4.78, 5) is 47.8. The van der Waals surface area contributed by atoms with Crippen molar-refractivity contribution in [1.82, 2.24) is 19.8 Å². The van der Waals surface area contributed by atoms with E-state index in [1.165, 1.54) is 34.6 Å². The molecule has 10 N–H and O–H groups in total. The molecule has 50 heavy (non-hydrogen) atoms. The second-order valence-corrected chi connectivity index (χ2v) is 12.9. The Kier molecular flexibility index (Phi) is 13.1. The molecule has 14 heteroatoms. The third-order valence-electron chi connectivity index (χ3n) is 9.20. The van der Waals surface area contributed by atoms with Crippen molar-refractivity contribution >= 4 is 35.1 Å². The summed E-state index contributed by atoms with van der Waals surface area (Å²) in [6.07, 6.45) is 8.90. The van der Waals surface area contributed by atoms with Crippen LogP contribution in [0.1, 0.15) is 68.9 Å². The highest BCUT2D eigenvalue weighted by molar-refractivity contribution is 6.07. The van der Waals surface area contributed by atoms with E-state index in [9.17, 15) is 9.59 Å². The van der Waals surface area contributed by atoms with Gasteiger partial charge in [0.1, 0.15) is 17.7 Å². The van der Waals surface area contributed by atoms with Crippen LogP contribution in [0.3, 0.4) is 0 Å². The van der Waals surface area contributed by atoms with Gasteiger partial charge in [-0.05, 0) is 111 Å². The Balaban J connectivity index is 1.12. The highest BCUT2D eigenvalue weighted by atomic mass is 16.2. The van der Waals surface area contributed by atoms with Crippen LogP contribution in [0.15, 0.2) is 58.8 Å². The molecular formula is C36H50N12O2. The molecule has 0 bridgehead atoms. The minimum Gasteiger partial charge on any atom is -0.370 e. The van der Waals surface area contributed by atoms with E-state index in [4.69, 9.17) is 22.9 Å². The van der Waals surface area contributed by atoms with Gasteiger partial charge in [-0.2, -0.15) is 0 Å². The van der Waals surface area contributed by atoms with Crippen LogP contribution in [0.25, 0.3) is 0 Å².